The molecule has 3 saturated heterocycles. The third kappa shape index (κ3) is 9.07. The summed E-state index contributed by atoms with van der Waals surface area (Å²) >= 11 is 0. The van der Waals surface area contributed by atoms with E-state index in [-0.39, 0.29) is 23.8 Å². The van der Waals surface area contributed by atoms with E-state index in [9.17, 15) is 19.2 Å². The van der Waals surface area contributed by atoms with Gasteiger partial charge in [0.25, 0.3) is 5.91 Å². The fourth-order valence-electron chi connectivity index (χ4n) is 9.30. The van der Waals surface area contributed by atoms with Gasteiger partial charge < -0.3 is 44.6 Å². The second kappa shape index (κ2) is 18.8. The number of benzene rings is 3. The van der Waals surface area contributed by atoms with Crippen LogP contribution in [0.15, 0.2) is 110 Å². The summed E-state index contributed by atoms with van der Waals surface area (Å²) in [5.41, 5.74) is 7.13. The van der Waals surface area contributed by atoms with Crippen molar-refractivity contribution in [2.24, 2.45) is 5.92 Å². The minimum Gasteiger partial charge on any atom is -0.453 e. The minimum atomic E-state index is -0.997. The van der Waals surface area contributed by atoms with Crippen LogP contribution in [-0.2, 0) is 23.8 Å². The molecule has 0 radical (unpaired) electrons. The molecule has 4 N–H and O–H groups in total. The number of amides is 4. The predicted molar refractivity (Wildman–Crippen MR) is 242 cm³/mol. The average molecular weight is 878 g/mol. The van der Waals surface area contributed by atoms with Gasteiger partial charge in [-0.3, -0.25) is 14.6 Å². The van der Waals surface area contributed by atoms with Gasteiger partial charge in [-0.1, -0.05) is 66.7 Å². The molecule has 9 rings (SSSR count). The zero-order valence-electron chi connectivity index (χ0n) is 36.3. The standard InChI is InChI=1S/C49H51N9O7/c1-29-22-41(58(28-29)47(60)43(56-49(62)64-3)37-6-4-18-50-25-37)45-52-26-38(53-45)31-10-8-30(9-11-31)33-12-13-35-24-36(15-14-34(35)23-33)39-27-51-44(54-39)40-7-5-19-57(40)46(59)42(55-48(61)63-2)32-16-20-65-21-17-32/h4,6,8-15,18,23-27,32,40-43H,1,5,7,16-17,19-22,28H2,2-3H3,(H,51,54)(H,52,53)(H,55,61)(H,56,62). The number of carbonyl (C=O) groups excluding carboxylic acids is 4. The number of fused-ring (bicyclic) bond motifs is 1. The third-order valence-electron chi connectivity index (χ3n) is 12.7. The maximum atomic E-state index is 14.0. The number of alkyl carbamates (subject to hydrolysis) is 2. The smallest absolute Gasteiger partial charge is 0.407 e. The van der Waals surface area contributed by atoms with Crippen molar-refractivity contribution in [2.75, 3.05) is 40.5 Å². The topological polar surface area (TPSA) is 197 Å². The summed E-state index contributed by atoms with van der Waals surface area (Å²) in [5, 5.41) is 7.64. The molecule has 0 saturated carbocycles. The molecular weight excluding hydrogens is 827 g/mol. The van der Waals surface area contributed by atoms with E-state index in [4.69, 9.17) is 24.2 Å². The molecule has 0 spiro atoms. The minimum absolute atomic E-state index is 0.0347. The molecule has 3 aromatic carbocycles. The van der Waals surface area contributed by atoms with E-state index >= 15 is 0 Å². The molecule has 3 fully saturated rings. The molecule has 16 nitrogen and oxygen atoms in total. The fraction of sp³-hybridized carbons (Fsp3) is 0.327. The lowest BCUT2D eigenvalue weighted by molar-refractivity contribution is -0.137. The molecule has 3 aliphatic rings. The number of hydrogen-bond acceptors (Lipinski definition) is 10. The van der Waals surface area contributed by atoms with Gasteiger partial charge in [0, 0.05) is 49.8 Å². The zero-order valence-corrected chi connectivity index (χ0v) is 36.3. The van der Waals surface area contributed by atoms with E-state index in [0.717, 1.165) is 68.7 Å². The Morgan fingerprint density at radius 3 is 2.06 bits per heavy atom. The Bertz CT molecular complexity index is 2710. The monoisotopic (exact) mass is 877 g/mol. The molecule has 334 valence electrons. The van der Waals surface area contributed by atoms with Gasteiger partial charge in [-0.15, -0.1) is 0 Å². The highest BCUT2D eigenvalue weighted by Gasteiger charge is 2.41. The maximum absolute atomic E-state index is 14.0. The molecule has 6 heterocycles. The summed E-state index contributed by atoms with van der Waals surface area (Å²) < 4.78 is 15.2. The normalized spacial score (nSPS) is 18.6. The van der Waals surface area contributed by atoms with Crippen molar-refractivity contribution in [1.82, 2.24) is 45.4 Å². The van der Waals surface area contributed by atoms with Gasteiger partial charge in [0.1, 0.15) is 23.7 Å². The number of rotatable bonds is 11. The third-order valence-corrected chi connectivity index (χ3v) is 12.7. The van der Waals surface area contributed by atoms with Crippen molar-refractivity contribution in [1.29, 1.82) is 0 Å². The summed E-state index contributed by atoms with van der Waals surface area (Å²) in [7, 11) is 2.56. The van der Waals surface area contributed by atoms with Gasteiger partial charge in [0.05, 0.1) is 50.1 Å². The van der Waals surface area contributed by atoms with E-state index in [0.29, 0.717) is 57.0 Å². The number of nitrogens with zero attached hydrogens (tertiary/aromatic N) is 5. The van der Waals surface area contributed by atoms with E-state index in [1.54, 1.807) is 35.6 Å². The van der Waals surface area contributed by atoms with Crippen LogP contribution in [0.25, 0.3) is 44.4 Å². The maximum Gasteiger partial charge on any atom is 0.407 e. The van der Waals surface area contributed by atoms with Crippen LogP contribution in [0.3, 0.4) is 0 Å². The highest BCUT2D eigenvalue weighted by molar-refractivity contribution is 5.91. The molecule has 4 amide bonds. The number of carbonyl (C=O) groups is 4. The SMILES string of the molecule is C=C1CC(c2ncc(-c3ccc(-c4ccc5cc(-c6cnc(C7CCCN7C(=O)C(NC(=O)OC)C7CCOCC7)[nH]6)ccc5c4)cc3)[nH]2)N(C(=O)C(NC(=O)OC)c2cccnc2)C1. The predicted octanol–water partition coefficient (Wildman–Crippen LogP) is 7.42. The fourth-order valence-corrected chi connectivity index (χ4v) is 9.30. The number of H-pyrrole nitrogens is 2. The zero-order chi connectivity index (χ0) is 45.0. The van der Waals surface area contributed by atoms with Crippen LogP contribution < -0.4 is 10.6 Å². The van der Waals surface area contributed by atoms with Gasteiger partial charge in [-0.25, -0.2) is 19.6 Å². The summed E-state index contributed by atoms with van der Waals surface area (Å²) in [6, 6.07) is 22.1. The van der Waals surface area contributed by atoms with Gasteiger partial charge in [0.2, 0.25) is 5.91 Å². The number of ether oxygens (including phenoxy) is 3. The molecule has 0 aliphatic carbocycles. The number of hydrogen-bond donors (Lipinski definition) is 4. The first kappa shape index (κ1) is 42.9. The number of methoxy groups -OCH3 is 2. The molecule has 4 unspecified atom stereocenters. The van der Waals surface area contributed by atoms with Crippen LogP contribution in [-0.4, -0.2) is 105 Å². The Kier molecular flexibility index (Phi) is 12.4. The summed E-state index contributed by atoms with van der Waals surface area (Å²) in [6.07, 6.45) is 8.92. The van der Waals surface area contributed by atoms with Crippen LogP contribution >= 0.6 is 0 Å². The number of imidazole rings is 2. The molecule has 3 aromatic heterocycles. The highest BCUT2D eigenvalue weighted by Crippen LogP contribution is 2.38. The Balaban J connectivity index is 0.876. The van der Waals surface area contributed by atoms with Crippen molar-refractivity contribution in [3.05, 3.63) is 127 Å². The molecule has 0 bridgehead atoms. The number of nitrogens with one attached hydrogen (secondary N) is 4. The lowest BCUT2D eigenvalue weighted by Crippen LogP contribution is -2.53. The second-order valence-electron chi connectivity index (χ2n) is 16.8. The number of likely N-dealkylation sites (tertiary alicyclic amines) is 2. The molecule has 6 aromatic rings. The van der Waals surface area contributed by atoms with E-state index < -0.39 is 30.3 Å². The van der Waals surface area contributed by atoms with Gasteiger partial charge in [-0.2, -0.15) is 0 Å². The van der Waals surface area contributed by atoms with Crippen molar-refractivity contribution < 1.29 is 33.4 Å². The Morgan fingerprint density at radius 1 is 0.738 bits per heavy atom. The quantitative estimate of drug-likeness (QED) is 0.0951. The number of pyridine rings is 1. The number of aromatic amines is 2. The molecule has 3 aliphatic heterocycles. The first-order valence-corrected chi connectivity index (χ1v) is 21.9. The summed E-state index contributed by atoms with van der Waals surface area (Å²) in [5.74, 6) is 0.879. The van der Waals surface area contributed by atoms with Crippen molar-refractivity contribution in [3.8, 4) is 33.6 Å². The Labute approximate surface area is 375 Å². The van der Waals surface area contributed by atoms with Crippen molar-refractivity contribution in [3.63, 3.8) is 0 Å². The van der Waals surface area contributed by atoms with Crippen LogP contribution in [0.5, 0.6) is 0 Å². The summed E-state index contributed by atoms with van der Waals surface area (Å²) in [4.78, 5) is 76.7. The molecule has 4 atom stereocenters. The van der Waals surface area contributed by atoms with E-state index in [1.807, 2.05) is 23.2 Å². The molecule has 16 heteroatoms. The highest BCUT2D eigenvalue weighted by atomic mass is 16.5. The van der Waals surface area contributed by atoms with Crippen LogP contribution in [0.2, 0.25) is 0 Å². The second-order valence-corrected chi connectivity index (χ2v) is 16.8. The van der Waals surface area contributed by atoms with Gasteiger partial charge in [0.15, 0.2) is 0 Å². The van der Waals surface area contributed by atoms with Crippen molar-refractivity contribution >= 4 is 34.8 Å². The molecular formula is C49H51N9O7. The van der Waals surface area contributed by atoms with Crippen LogP contribution in [0, 0.1) is 5.92 Å². The van der Waals surface area contributed by atoms with Crippen LogP contribution in [0.1, 0.15) is 67.4 Å². The van der Waals surface area contributed by atoms with Crippen LogP contribution in [0.4, 0.5) is 9.59 Å². The Hall–Kier alpha value is -7.33. The first-order valence-electron chi connectivity index (χ1n) is 21.9. The van der Waals surface area contributed by atoms with E-state index in [1.165, 1.54) is 14.2 Å². The first-order chi connectivity index (χ1) is 31.7. The summed E-state index contributed by atoms with van der Waals surface area (Å²) in [6.45, 7) is 6.19. The largest absolute Gasteiger partial charge is 0.453 e. The Morgan fingerprint density at radius 2 is 1.37 bits per heavy atom. The van der Waals surface area contributed by atoms with Gasteiger partial charge in [-0.05, 0) is 83.7 Å². The van der Waals surface area contributed by atoms with Crippen molar-refractivity contribution in [2.45, 2.75) is 56.3 Å². The average Bonchev–Trinajstić information content (AvgIpc) is 4.20. The lowest BCUT2D eigenvalue weighted by atomic mass is 9.90. The molecule has 65 heavy (non-hydrogen) atoms. The lowest BCUT2D eigenvalue weighted by Gasteiger charge is -2.34. The number of aromatic nitrogens is 5. The van der Waals surface area contributed by atoms with E-state index in [2.05, 4.69) is 80.7 Å². The van der Waals surface area contributed by atoms with Gasteiger partial charge >= 0.3 is 12.2 Å².